The van der Waals surface area contributed by atoms with Crippen molar-refractivity contribution in [3.8, 4) is 17.6 Å². The highest BCUT2D eigenvalue weighted by Crippen LogP contribution is 2.37. The van der Waals surface area contributed by atoms with Gasteiger partial charge in [-0.25, -0.2) is 9.97 Å². The number of fused-ring (bicyclic) bond motifs is 3. The van der Waals surface area contributed by atoms with E-state index in [1.54, 1.807) is 36.6 Å². The van der Waals surface area contributed by atoms with Crippen LogP contribution in [0.25, 0.3) is 10.2 Å². The monoisotopic (exact) mass is 366 g/mol. The number of thiophene rings is 1. The molecule has 2 aromatic heterocycles. The number of nitrogens with two attached hydrogens (primary N) is 1. The summed E-state index contributed by atoms with van der Waals surface area (Å²) >= 11 is 1.71. The van der Waals surface area contributed by atoms with Crippen molar-refractivity contribution < 1.29 is 9.47 Å². The molecule has 3 aromatic rings. The van der Waals surface area contributed by atoms with Gasteiger partial charge in [0.15, 0.2) is 17.3 Å². The topological polar surface area (TPSA) is 94.0 Å². The van der Waals surface area contributed by atoms with Crippen LogP contribution in [0.5, 0.6) is 11.5 Å². The van der Waals surface area contributed by atoms with Gasteiger partial charge in [0, 0.05) is 10.9 Å². The molecule has 1 aromatic carbocycles. The van der Waals surface area contributed by atoms with Gasteiger partial charge in [0.1, 0.15) is 17.3 Å². The number of nitrogens with zero attached hydrogens (tertiary/aromatic N) is 3. The summed E-state index contributed by atoms with van der Waals surface area (Å²) in [5.41, 5.74) is 8.07. The highest BCUT2D eigenvalue weighted by Gasteiger charge is 2.20. The summed E-state index contributed by atoms with van der Waals surface area (Å²) in [5, 5.41) is 10.00. The third-order valence-electron chi connectivity index (χ3n) is 4.54. The number of benzene rings is 1. The molecule has 26 heavy (non-hydrogen) atoms. The number of nitriles is 1. The first kappa shape index (κ1) is 16.6. The first-order valence-electron chi connectivity index (χ1n) is 8.47. The number of hydrogen-bond acceptors (Lipinski definition) is 7. The number of anilines is 1. The maximum absolute atomic E-state index is 8.98. The van der Waals surface area contributed by atoms with Crippen molar-refractivity contribution in [1.82, 2.24) is 9.97 Å². The molecule has 0 saturated carbocycles. The number of aryl methyl sites for hydroxylation is 2. The van der Waals surface area contributed by atoms with Gasteiger partial charge in [-0.2, -0.15) is 5.26 Å². The molecule has 0 bridgehead atoms. The number of ether oxygens (including phenoxy) is 2. The molecule has 132 valence electrons. The van der Waals surface area contributed by atoms with Crippen molar-refractivity contribution in [2.75, 3.05) is 12.8 Å². The van der Waals surface area contributed by atoms with Crippen LogP contribution >= 0.6 is 11.3 Å². The molecule has 6 nitrogen and oxygen atoms in total. The van der Waals surface area contributed by atoms with Gasteiger partial charge in [-0.3, -0.25) is 0 Å². The van der Waals surface area contributed by atoms with E-state index in [-0.39, 0.29) is 6.61 Å². The molecular weight excluding hydrogens is 348 g/mol. The number of nitrogen functional groups attached to an aromatic ring is 1. The summed E-state index contributed by atoms with van der Waals surface area (Å²) in [6.45, 7) is 0.185. The predicted molar refractivity (Wildman–Crippen MR) is 101 cm³/mol. The maximum Gasteiger partial charge on any atom is 0.169 e. The molecule has 0 amide bonds. The number of rotatable bonds is 4. The fourth-order valence-electron chi connectivity index (χ4n) is 3.29. The SMILES string of the molecule is COc1cc(C#N)ccc1OCc1nc(N)c2c3c(sc2n1)CCCC3. The quantitative estimate of drug-likeness (QED) is 0.758. The first-order chi connectivity index (χ1) is 12.7. The van der Waals surface area contributed by atoms with Crippen LogP contribution in [-0.4, -0.2) is 17.1 Å². The Morgan fingerprint density at radius 3 is 2.88 bits per heavy atom. The number of methoxy groups -OCH3 is 1. The second kappa shape index (κ2) is 6.81. The predicted octanol–water partition coefficient (Wildman–Crippen LogP) is 3.61. The van der Waals surface area contributed by atoms with Crippen LogP contribution in [0.3, 0.4) is 0 Å². The molecule has 0 saturated heterocycles. The Morgan fingerprint density at radius 1 is 1.23 bits per heavy atom. The Labute approximate surface area is 155 Å². The van der Waals surface area contributed by atoms with Crippen molar-refractivity contribution in [3.63, 3.8) is 0 Å². The molecule has 2 heterocycles. The van der Waals surface area contributed by atoms with E-state index in [4.69, 9.17) is 20.5 Å². The molecule has 0 aliphatic heterocycles. The highest BCUT2D eigenvalue weighted by atomic mass is 32.1. The molecule has 0 atom stereocenters. The maximum atomic E-state index is 8.98. The van der Waals surface area contributed by atoms with Crippen LogP contribution in [0.2, 0.25) is 0 Å². The van der Waals surface area contributed by atoms with Crippen molar-refractivity contribution in [2.24, 2.45) is 0 Å². The molecule has 7 heteroatoms. The Morgan fingerprint density at radius 2 is 2.08 bits per heavy atom. The summed E-state index contributed by atoms with van der Waals surface area (Å²) < 4.78 is 11.1. The largest absolute Gasteiger partial charge is 0.493 e. The summed E-state index contributed by atoms with van der Waals surface area (Å²) in [7, 11) is 1.54. The lowest BCUT2D eigenvalue weighted by Crippen LogP contribution is -2.06. The van der Waals surface area contributed by atoms with E-state index in [2.05, 4.69) is 16.0 Å². The second-order valence-electron chi connectivity index (χ2n) is 6.18. The van der Waals surface area contributed by atoms with Crippen LogP contribution in [0.4, 0.5) is 5.82 Å². The van der Waals surface area contributed by atoms with Crippen LogP contribution in [-0.2, 0) is 19.4 Å². The average molecular weight is 366 g/mol. The Kier molecular flexibility index (Phi) is 4.35. The van der Waals surface area contributed by atoms with E-state index in [0.717, 1.165) is 23.1 Å². The highest BCUT2D eigenvalue weighted by molar-refractivity contribution is 7.19. The van der Waals surface area contributed by atoms with Gasteiger partial charge in [-0.1, -0.05) is 0 Å². The van der Waals surface area contributed by atoms with E-state index < -0.39 is 0 Å². The van der Waals surface area contributed by atoms with Crippen molar-refractivity contribution in [3.05, 3.63) is 40.0 Å². The number of aromatic nitrogens is 2. The standard InChI is InChI=1S/C19H18N4O2S/c1-24-14-8-11(9-20)6-7-13(14)25-10-16-22-18(21)17-12-4-2-3-5-15(12)26-19(17)23-16/h6-8H,2-5,10H2,1H3,(H2,21,22,23). The van der Waals surface area contributed by atoms with Crippen LogP contribution in [0.15, 0.2) is 18.2 Å². The lowest BCUT2D eigenvalue weighted by atomic mass is 9.97. The molecule has 0 fully saturated rings. The second-order valence-corrected chi connectivity index (χ2v) is 7.27. The van der Waals surface area contributed by atoms with Gasteiger partial charge in [0.05, 0.1) is 24.1 Å². The molecule has 4 rings (SSSR count). The Bertz CT molecular complexity index is 1020. The van der Waals surface area contributed by atoms with Crippen LogP contribution in [0, 0.1) is 11.3 Å². The third-order valence-corrected chi connectivity index (χ3v) is 5.72. The lowest BCUT2D eigenvalue weighted by Gasteiger charge is -2.11. The molecule has 0 unspecified atom stereocenters. The minimum Gasteiger partial charge on any atom is -0.493 e. The molecule has 1 aliphatic carbocycles. The first-order valence-corrected chi connectivity index (χ1v) is 9.29. The van der Waals surface area contributed by atoms with Gasteiger partial charge >= 0.3 is 0 Å². The minimum absolute atomic E-state index is 0.185. The Hall–Kier alpha value is -2.85. The van der Waals surface area contributed by atoms with E-state index in [9.17, 15) is 0 Å². The van der Waals surface area contributed by atoms with Crippen LogP contribution < -0.4 is 15.2 Å². The van der Waals surface area contributed by atoms with Crippen molar-refractivity contribution in [2.45, 2.75) is 32.3 Å². The van der Waals surface area contributed by atoms with E-state index in [0.29, 0.717) is 28.7 Å². The normalized spacial score (nSPS) is 13.2. The molecule has 0 spiro atoms. The van der Waals surface area contributed by atoms with Gasteiger partial charge in [-0.05, 0) is 43.4 Å². The van der Waals surface area contributed by atoms with E-state index in [1.165, 1.54) is 23.3 Å². The Balaban J connectivity index is 1.61. The smallest absolute Gasteiger partial charge is 0.169 e. The van der Waals surface area contributed by atoms with Gasteiger partial charge in [0.25, 0.3) is 0 Å². The van der Waals surface area contributed by atoms with Crippen LogP contribution in [0.1, 0.15) is 34.7 Å². The zero-order chi connectivity index (χ0) is 18.1. The molecular formula is C19H18N4O2S. The molecule has 1 aliphatic rings. The zero-order valence-corrected chi connectivity index (χ0v) is 15.2. The van der Waals surface area contributed by atoms with Crippen molar-refractivity contribution in [1.29, 1.82) is 5.26 Å². The summed E-state index contributed by atoms with van der Waals surface area (Å²) in [4.78, 5) is 11.4. The van der Waals surface area contributed by atoms with Crippen molar-refractivity contribution >= 4 is 27.4 Å². The lowest BCUT2D eigenvalue weighted by molar-refractivity contribution is 0.277. The summed E-state index contributed by atoms with van der Waals surface area (Å²) in [6.07, 6.45) is 4.58. The van der Waals surface area contributed by atoms with E-state index >= 15 is 0 Å². The van der Waals surface area contributed by atoms with Gasteiger partial charge in [0.2, 0.25) is 0 Å². The average Bonchev–Trinajstić information content (AvgIpc) is 3.05. The van der Waals surface area contributed by atoms with E-state index in [1.807, 2.05) is 0 Å². The minimum atomic E-state index is 0.185. The summed E-state index contributed by atoms with van der Waals surface area (Å²) in [5.74, 6) is 2.11. The third kappa shape index (κ3) is 2.93. The molecule has 0 radical (unpaired) electrons. The van der Waals surface area contributed by atoms with Gasteiger partial charge in [-0.15, -0.1) is 11.3 Å². The summed E-state index contributed by atoms with van der Waals surface area (Å²) in [6, 6.07) is 7.11. The fraction of sp³-hybridized carbons (Fsp3) is 0.316. The zero-order valence-electron chi connectivity index (χ0n) is 14.4. The fourth-order valence-corrected chi connectivity index (χ4v) is 4.58. The molecule has 2 N–H and O–H groups in total. The number of hydrogen-bond donors (Lipinski definition) is 1. The van der Waals surface area contributed by atoms with Gasteiger partial charge < -0.3 is 15.2 Å².